The lowest BCUT2D eigenvalue weighted by Gasteiger charge is -2.30. The van der Waals surface area contributed by atoms with Gasteiger partial charge < -0.3 is 0 Å². The largest absolute Gasteiger partial charge is 0.378 e. The second kappa shape index (κ2) is 8.52. The molecule has 0 radical (unpaired) electrons. The number of rotatable bonds is 8. The second-order valence-corrected chi connectivity index (χ2v) is 4.25. The molecule has 0 saturated heterocycles. The lowest BCUT2D eigenvalue weighted by atomic mass is 10.3. The first-order valence-corrected chi connectivity index (χ1v) is 6.91. The van der Waals surface area contributed by atoms with Gasteiger partial charge in [0.1, 0.15) is 0 Å². The molecular weight excluding hydrogens is 266 g/mol. The molecule has 0 spiro atoms. The molecule has 0 bridgehead atoms. The number of hydroxylamine groups is 3. The monoisotopic (exact) mass is 290 g/mol. The van der Waals surface area contributed by atoms with E-state index < -0.39 is 28.9 Å². The third-order valence-electron chi connectivity index (χ3n) is 2.68. The van der Waals surface area contributed by atoms with Gasteiger partial charge in [0.05, 0.1) is 0 Å². The summed E-state index contributed by atoms with van der Waals surface area (Å²) in [5, 5.41) is 0. The van der Waals surface area contributed by atoms with Gasteiger partial charge in [-0.1, -0.05) is 27.7 Å². The topological polar surface area (TPSA) is 78.9 Å². The quantitative estimate of drug-likeness (QED) is 0.503. The average Bonchev–Trinajstić information content (AvgIpc) is 2.45. The smallest absolute Gasteiger partial charge is 0.245 e. The zero-order valence-corrected chi connectivity index (χ0v) is 12.8. The van der Waals surface area contributed by atoms with E-state index in [0.29, 0.717) is 6.42 Å². The van der Waals surface area contributed by atoms with Crippen molar-refractivity contribution in [1.82, 2.24) is 0 Å². The van der Waals surface area contributed by atoms with Crippen LogP contribution in [0.4, 0.5) is 0 Å². The Morgan fingerprint density at radius 1 is 0.800 bits per heavy atom. The lowest BCUT2D eigenvalue weighted by Crippen LogP contribution is -2.56. The van der Waals surface area contributed by atoms with Crippen LogP contribution in [0.25, 0.3) is 0 Å². The standard InChI is InChI=1S/C13H24NO6/c1-6-10(5)14(18-11(15)7-2,19-12(16)8-3)20-13(17)9-4/h10H,6-9H2,1-5H3/q+1. The van der Waals surface area contributed by atoms with Crippen LogP contribution in [0.15, 0.2) is 0 Å². The molecule has 0 saturated carbocycles. The van der Waals surface area contributed by atoms with Crippen LogP contribution in [0.1, 0.15) is 60.3 Å². The van der Waals surface area contributed by atoms with Gasteiger partial charge in [-0.15, -0.1) is 0 Å². The van der Waals surface area contributed by atoms with Crippen LogP contribution in [0.3, 0.4) is 0 Å². The highest BCUT2D eigenvalue weighted by Crippen LogP contribution is 2.22. The summed E-state index contributed by atoms with van der Waals surface area (Å²) in [6, 6.07) is -0.531. The van der Waals surface area contributed by atoms with E-state index in [1.807, 2.05) is 0 Å². The summed E-state index contributed by atoms with van der Waals surface area (Å²) in [6.45, 7) is 8.25. The summed E-state index contributed by atoms with van der Waals surface area (Å²) in [5.41, 5.74) is 0. The molecule has 0 amide bonds. The predicted molar refractivity (Wildman–Crippen MR) is 69.2 cm³/mol. The van der Waals surface area contributed by atoms with E-state index in [9.17, 15) is 14.4 Å². The maximum Gasteiger partial charge on any atom is 0.378 e. The van der Waals surface area contributed by atoms with Crippen LogP contribution in [0.5, 0.6) is 0 Å². The molecule has 20 heavy (non-hydrogen) atoms. The molecule has 0 aromatic carbocycles. The van der Waals surface area contributed by atoms with Crippen LogP contribution in [0.2, 0.25) is 0 Å². The van der Waals surface area contributed by atoms with Crippen molar-refractivity contribution in [1.29, 1.82) is 0 Å². The van der Waals surface area contributed by atoms with Crippen molar-refractivity contribution in [3.8, 4) is 0 Å². The Kier molecular flexibility index (Phi) is 7.83. The summed E-state index contributed by atoms with van der Waals surface area (Å²) in [7, 11) is 0. The molecule has 0 rings (SSSR count). The van der Waals surface area contributed by atoms with Gasteiger partial charge in [-0.3, -0.25) is 0 Å². The van der Waals surface area contributed by atoms with Gasteiger partial charge in [0.15, 0.2) is 0 Å². The molecule has 1 atom stereocenters. The van der Waals surface area contributed by atoms with Gasteiger partial charge in [0.25, 0.3) is 0 Å². The van der Waals surface area contributed by atoms with E-state index in [0.717, 1.165) is 0 Å². The Labute approximate surface area is 119 Å². The van der Waals surface area contributed by atoms with E-state index in [1.54, 1.807) is 34.6 Å². The first-order valence-electron chi connectivity index (χ1n) is 6.91. The second-order valence-electron chi connectivity index (χ2n) is 4.25. The van der Waals surface area contributed by atoms with Gasteiger partial charge in [0.2, 0.25) is 11.0 Å². The van der Waals surface area contributed by atoms with Crippen LogP contribution in [-0.2, 0) is 28.9 Å². The van der Waals surface area contributed by atoms with Crippen LogP contribution in [-0.4, -0.2) is 28.9 Å². The van der Waals surface area contributed by atoms with Crippen molar-refractivity contribution in [2.75, 3.05) is 0 Å². The number of carbonyl (C=O) groups excluding carboxylic acids is 3. The summed E-state index contributed by atoms with van der Waals surface area (Å²) in [6.07, 6.45) is 0.697. The highest BCUT2D eigenvalue weighted by Gasteiger charge is 2.49. The number of hydrogen-bond donors (Lipinski definition) is 0. The number of nitrogens with zero attached hydrogens (tertiary/aromatic N) is 1. The molecule has 0 aromatic heterocycles. The first kappa shape index (κ1) is 18.4. The normalized spacial score (nSPS) is 12.4. The van der Waals surface area contributed by atoms with E-state index in [1.165, 1.54) is 0 Å². The molecule has 0 aliphatic heterocycles. The Hall–Kier alpha value is -1.63. The summed E-state index contributed by atoms with van der Waals surface area (Å²) in [4.78, 5) is 48.8. The minimum atomic E-state index is -1.19. The maximum atomic E-state index is 11.6. The van der Waals surface area contributed by atoms with Gasteiger partial charge in [0, 0.05) is 32.6 Å². The molecule has 7 heteroatoms. The minimum absolute atomic E-state index is 0.0732. The molecule has 1 unspecified atom stereocenters. The van der Waals surface area contributed by atoms with Crippen LogP contribution >= 0.6 is 0 Å². The third kappa shape index (κ3) is 5.16. The molecule has 0 aliphatic carbocycles. The van der Waals surface area contributed by atoms with Crippen LogP contribution in [0, 0.1) is 0 Å². The predicted octanol–water partition coefficient (Wildman–Crippen LogP) is 2.21. The van der Waals surface area contributed by atoms with Gasteiger partial charge >= 0.3 is 17.9 Å². The molecule has 0 fully saturated rings. The molecule has 0 heterocycles. The van der Waals surface area contributed by atoms with Gasteiger partial charge in [-0.05, 0) is 0 Å². The molecule has 116 valence electrons. The van der Waals surface area contributed by atoms with Gasteiger partial charge in [-0.25, -0.2) is 14.4 Å². The number of carbonyl (C=O) groups is 3. The Morgan fingerprint density at radius 3 is 1.30 bits per heavy atom. The average molecular weight is 290 g/mol. The van der Waals surface area contributed by atoms with E-state index in [2.05, 4.69) is 0 Å². The van der Waals surface area contributed by atoms with Gasteiger partial charge in [-0.2, -0.15) is 14.5 Å². The first-order chi connectivity index (χ1) is 9.34. The summed E-state index contributed by atoms with van der Waals surface area (Å²) < 4.78 is 0. The van der Waals surface area contributed by atoms with Crippen molar-refractivity contribution in [2.45, 2.75) is 66.3 Å². The fraction of sp³-hybridized carbons (Fsp3) is 0.769. The summed E-state index contributed by atoms with van der Waals surface area (Å²) >= 11 is 0. The molecular formula is C13H24NO6+. The highest BCUT2D eigenvalue weighted by atomic mass is 17.2. The highest BCUT2D eigenvalue weighted by molar-refractivity contribution is 5.70. The molecule has 0 aliphatic rings. The van der Waals surface area contributed by atoms with Crippen LogP contribution < -0.4 is 0 Å². The lowest BCUT2D eigenvalue weighted by molar-refractivity contribution is -1.35. The van der Waals surface area contributed by atoms with Crippen molar-refractivity contribution in [2.24, 2.45) is 0 Å². The van der Waals surface area contributed by atoms with E-state index >= 15 is 0 Å². The summed E-state index contributed by atoms with van der Waals surface area (Å²) in [5.74, 6) is -1.88. The Balaban J connectivity index is 5.42. The number of quaternary nitrogens is 1. The number of hydrogen-bond acceptors (Lipinski definition) is 6. The van der Waals surface area contributed by atoms with E-state index in [-0.39, 0.29) is 19.3 Å². The molecule has 0 aromatic rings. The third-order valence-corrected chi connectivity index (χ3v) is 2.68. The van der Waals surface area contributed by atoms with Crippen molar-refractivity contribution in [3.63, 3.8) is 0 Å². The Bertz CT molecular complexity index is 309. The maximum absolute atomic E-state index is 11.6. The zero-order chi connectivity index (χ0) is 15.8. The van der Waals surface area contributed by atoms with Crippen molar-refractivity contribution >= 4 is 17.9 Å². The minimum Gasteiger partial charge on any atom is -0.245 e. The van der Waals surface area contributed by atoms with Crippen molar-refractivity contribution < 1.29 is 33.9 Å². The zero-order valence-electron chi connectivity index (χ0n) is 12.8. The fourth-order valence-electron chi connectivity index (χ4n) is 1.17. The fourth-order valence-corrected chi connectivity index (χ4v) is 1.17. The Morgan fingerprint density at radius 2 is 1.10 bits per heavy atom. The molecule has 0 N–H and O–H groups in total. The SMILES string of the molecule is CCC(=O)O[N+](OC(=O)CC)(OC(=O)CC)C(C)CC. The van der Waals surface area contributed by atoms with E-state index in [4.69, 9.17) is 14.5 Å². The molecule has 7 nitrogen and oxygen atoms in total. The van der Waals surface area contributed by atoms with Crippen molar-refractivity contribution in [3.05, 3.63) is 0 Å².